The first-order valence-corrected chi connectivity index (χ1v) is 11.4. The Labute approximate surface area is 193 Å². The fourth-order valence-electron chi connectivity index (χ4n) is 3.09. The average Bonchev–Trinajstić information content (AvgIpc) is 3.36. The van der Waals surface area contributed by atoms with Gasteiger partial charge in [-0.3, -0.25) is 9.36 Å². The van der Waals surface area contributed by atoms with Crippen LogP contribution in [0.2, 0.25) is 0 Å². The minimum Gasteiger partial charge on any atom is -0.469 e. The summed E-state index contributed by atoms with van der Waals surface area (Å²) in [6.07, 6.45) is 1.65. The van der Waals surface area contributed by atoms with Gasteiger partial charge in [0.25, 0.3) is 0 Å². The molecule has 6 nitrogen and oxygen atoms in total. The molecule has 0 spiro atoms. The van der Waals surface area contributed by atoms with E-state index in [1.165, 1.54) is 11.8 Å². The normalized spacial score (nSPS) is 12.0. The molecule has 4 rings (SSSR count). The van der Waals surface area contributed by atoms with Gasteiger partial charge < -0.3 is 9.73 Å². The molecule has 0 saturated heterocycles. The third-order valence-electron chi connectivity index (χ3n) is 4.76. The number of aromatic nitrogens is 3. The Hall–Kier alpha value is -2.84. The van der Waals surface area contributed by atoms with Crippen LogP contribution in [0, 0.1) is 6.92 Å². The van der Waals surface area contributed by atoms with Gasteiger partial charge in [0.2, 0.25) is 5.91 Å². The molecule has 0 aliphatic heterocycles. The van der Waals surface area contributed by atoms with Crippen molar-refractivity contribution in [1.82, 2.24) is 14.8 Å². The molecule has 8 heteroatoms. The average molecular weight is 497 g/mol. The molecular weight excluding hydrogens is 476 g/mol. The predicted octanol–water partition coefficient (Wildman–Crippen LogP) is 5.78. The molecule has 0 radical (unpaired) electrons. The molecule has 2 aromatic carbocycles. The maximum absolute atomic E-state index is 12.7. The molecular formula is C23H21BrN4O2S. The van der Waals surface area contributed by atoms with Crippen molar-refractivity contribution in [3.63, 3.8) is 0 Å². The second-order valence-electron chi connectivity index (χ2n) is 7.02. The molecule has 0 saturated carbocycles. The lowest BCUT2D eigenvalue weighted by molar-refractivity contribution is -0.115. The van der Waals surface area contributed by atoms with Crippen molar-refractivity contribution in [2.45, 2.75) is 30.8 Å². The first-order chi connectivity index (χ1) is 15.0. The third kappa shape index (κ3) is 5.08. The van der Waals surface area contributed by atoms with E-state index in [4.69, 9.17) is 4.42 Å². The number of thioether (sulfide) groups is 1. The van der Waals surface area contributed by atoms with Crippen molar-refractivity contribution in [1.29, 1.82) is 0 Å². The maximum atomic E-state index is 12.7. The van der Waals surface area contributed by atoms with E-state index in [1.54, 1.807) is 6.26 Å². The van der Waals surface area contributed by atoms with Gasteiger partial charge in [0.1, 0.15) is 5.76 Å². The van der Waals surface area contributed by atoms with Crippen LogP contribution in [0.25, 0.3) is 11.4 Å². The van der Waals surface area contributed by atoms with Crippen molar-refractivity contribution in [2.75, 3.05) is 5.32 Å². The molecule has 1 N–H and O–H groups in total. The number of carbonyl (C=O) groups is 1. The lowest BCUT2D eigenvalue weighted by Crippen LogP contribution is -2.23. The fourth-order valence-corrected chi connectivity index (χ4v) is 4.20. The van der Waals surface area contributed by atoms with Crippen LogP contribution >= 0.6 is 27.7 Å². The Bertz CT molecular complexity index is 1170. The van der Waals surface area contributed by atoms with E-state index in [0.717, 1.165) is 32.9 Å². The van der Waals surface area contributed by atoms with E-state index in [1.807, 2.05) is 66.9 Å². The van der Waals surface area contributed by atoms with Gasteiger partial charge in [0.15, 0.2) is 11.0 Å². The molecule has 0 aliphatic rings. The smallest absolute Gasteiger partial charge is 0.237 e. The Balaban J connectivity index is 1.58. The zero-order valence-electron chi connectivity index (χ0n) is 17.1. The zero-order chi connectivity index (χ0) is 21.8. The topological polar surface area (TPSA) is 72.9 Å². The Morgan fingerprint density at radius 3 is 2.55 bits per heavy atom. The number of nitrogens with zero attached hydrogens (tertiary/aromatic N) is 3. The summed E-state index contributed by atoms with van der Waals surface area (Å²) >= 11 is 4.78. The minimum atomic E-state index is -0.360. The van der Waals surface area contributed by atoms with Crippen LogP contribution in [0.5, 0.6) is 0 Å². The van der Waals surface area contributed by atoms with Crippen LogP contribution < -0.4 is 5.32 Å². The Morgan fingerprint density at radius 2 is 1.87 bits per heavy atom. The van der Waals surface area contributed by atoms with E-state index >= 15 is 0 Å². The number of halogens is 1. The number of hydrogen-bond acceptors (Lipinski definition) is 5. The number of hydrogen-bond donors (Lipinski definition) is 1. The first-order valence-electron chi connectivity index (χ1n) is 9.76. The number of rotatable bonds is 7. The van der Waals surface area contributed by atoms with Gasteiger partial charge >= 0.3 is 0 Å². The van der Waals surface area contributed by atoms with Crippen molar-refractivity contribution in [2.24, 2.45) is 0 Å². The van der Waals surface area contributed by atoms with Crippen LogP contribution in [0.15, 0.2) is 81.0 Å². The predicted molar refractivity (Wildman–Crippen MR) is 126 cm³/mol. The number of nitrogens with one attached hydrogen (secondary N) is 1. The van der Waals surface area contributed by atoms with Gasteiger partial charge in [-0.05, 0) is 49.7 Å². The fraction of sp³-hybridized carbons (Fsp3) is 0.174. The first kappa shape index (κ1) is 21.4. The number of furan rings is 1. The quantitative estimate of drug-likeness (QED) is 0.328. The molecule has 31 heavy (non-hydrogen) atoms. The molecule has 0 aliphatic carbocycles. The van der Waals surface area contributed by atoms with Crippen molar-refractivity contribution in [3.8, 4) is 11.4 Å². The van der Waals surface area contributed by atoms with Crippen LogP contribution in [0.1, 0.15) is 18.2 Å². The molecule has 2 heterocycles. The van der Waals surface area contributed by atoms with Crippen molar-refractivity contribution < 1.29 is 9.21 Å². The molecule has 2 aromatic heterocycles. The standard InChI is InChI=1S/C23H21BrN4O2S/c1-15-20(12-13-30-15)21-26-27-23(28(21)14-17-6-4-3-5-7-17)31-16(2)22(29)25-19-10-8-18(24)9-11-19/h3-13,16H,14H2,1-2H3,(H,25,29). The number of amides is 1. The summed E-state index contributed by atoms with van der Waals surface area (Å²) in [7, 11) is 0. The molecule has 1 amide bonds. The summed E-state index contributed by atoms with van der Waals surface area (Å²) in [6, 6.07) is 19.5. The summed E-state index contributed by atoms with van der Waals surface area (Å²) < 4.78 is 8.46. The van der Waals surface area contributed by atoms with Gasteiger partial charge in [0.05, 0.1) is 23.6 Å². The lowest BCUT2D eigenvalue weighted by atomic mass is 10.2. The molecule has 0 fully saturated rings. The minimum absolute atomic E-state index is 0.0948. The number of carbonyl (C=O) groups excluding carboxylic acids is 1. The monoisotopic (exact) mass is 496 g/mol. The Kier molecular flexibility index (Phi) is 6.58. The molecule has 1 unspecified atom stereocenters. The summed E-state index contributed by atoms with van der Waals surface area (Å²) in [5.41, 5.74) is 2.77. The highest BCUT2D eigenvalue weighted by molar-refractivity contribution is 9.10. The summed E-state index contributed by atoms with van der Waals surface area (Å²) in [5, 5.41) is 12.1. The van der Waals surface area contributed by atoms with E-state index in [0.29, 0.717) is 11.7 Å². The van der Waals surface area contributed by atoms with Gasteiger partial charge in [-0.2, -0.15) is 0 Å². The highest BCUT2D eigenvalue weighted by Gasteiger charge is 2.22. The highest BCUT2D eigenvalue weighted by atomic mass is 79.9. The SMILES string of the molecule is Cc1occc1-c1nnc(SC(C)C(=O)Nc2ccc(Br)cc2)n1Cc1ccccc1. The summed E-state index contributed by atoms with van der Waals surface area (Å²) in [6.45, 7) is 4.36. The van der Waals surface area contributed by atoms with Crippen LogP contribution in [0.3, 0.4) is 0 Å². The van der Waals surface area contributed by atoms with Gasteiger partial charge in [-0.15, -0.1) is 10.2 Å². The van der Waals surface area contributed by atoms with Crippen LogP contribution in [-0.2, 0) is 11.3 Å². The maximum Gasteiger partial charge on any atom is 0.237 e. The number of benzene rings is 2. The second-order valence-corrected chi connectivity index (χ2v) is 9.25. The van der Waals surface area contributed by atoms with E-state index in [-0.39, 0.29) is 11.2 Å². The van der Waals surface area contributed by atoms with Crippen LogP contribution in [-0.4, -0.2) is 25.9 Å². The van der Waals surface area contributed by atoms with Crippen molar-refractivity contribution in [3.05, 3.63) is 82.7 Å². The molecule has 158 valence electrons. The number of aryl methyl sites for hydroxylation is 1. The second kappa shape index (κ2) is 9.53. The van der Waals surface area contributed by atoms with E-state index < -0.39 is 0 Å². The highest BCUT2D eigenvalue weighted by Crippen LogP contribution is 2.30. The molecule has 4 aromatic rings. The van der Waals surface area contributed by atoms with Gasteiger partial charge in [-0.1, -0.05) is 58.0 Å². The zero-order valence-corrected chi connectivity index (χ0v) is 19.5. The lowest BCUT2D eigenvalue weighted by Gasteiger charge is -2.14. The van der Waals surface area contributed by atoms with E-state index in [2.05, 4.69) is 43.6 Å². The summed E-state index contributed by atoms with van der Waals surface area (Å²) in [5.74, 6) is 1.40. The Morgan fingerprint density at radius 1 is 1.13 bits per heavy atom. The van der Waals surface area contributed by atoms with Crippen molar-refractivity contribution >= 4 is 39.3 Å². The largest absolute Gasteiger partial charge is 0.469 e. The third-order valence-corrected chi connectivity index (χ3v) is 6.37. The van der Waals surface area contributed by atoms with E-state index in [9.17, 15) is 4.79 Å². The molecule has 1 atom stereocenters. The molecule has 0 bridgehead atoms. The van der Waals surface area contributed by atoms with Gasteiger partial charge in [-0.25, -0.2) is 0 Å². The number of anilines is 1. The summed E-state index contributed by atoms with van der Waals surface area (Å²) in [4.78, 5) is 12.7. The van der Waals surface area contributed by atoms with Crippen LogP contribution in [0.4, 0.5) is 5.69 Å². The van der Waals surface area contributed by atoms with Gasteiger partial charge in [0, 0.05) is 10.2 Å².